The molecule has 2 rings (SSSR count). The number of carbonyl (C=O) groups excluding carboxylic acids is 1. The summed E-state index contributed by atoms with van der Waals surface area (Å²) in [5.74, 6) is -0.898. The third kappa shape index (κ3) is 3.47. The van der Waals surface area contributed by atoms with Crippen molar-refractivity contribution in [1.29, 1.82) is 0 Å². The Bertz CT molecular complexity index is 754. The third-order valence-electron chi connectivity index (χ3n) is 3.14. The summed E-state index contributed by atoms with van der Waals surface area (Å²) < 4.78 is 42.1. The van der Waals surface area contributed by atoms with Crippen LogP contribution in [-0.4, -0.2) is 18.0 Å². The Morgan fingerprint density at radius 1 is 1.09 bits per heavy atom. The number of carbonyl (C=O) groups is 1. The van der Waals surface area contributed by atoms with Gasteiger partial charge >= 0.3 is 12.1 Å². The first-order valence-corrected chi connectivity index (χ1v) is 6.28. The Morgan fingerprint density at radius 3 is 2.13 bits per heavy atom. The molecule has 0 heterocycles. The summed E-state index contributed by atoms with van der Waals surface area (Å²) in [5, 5.41) is 10.9. The largest absolute Gasteiger partial charge is 0.465 e. The quantitative estimate of drug-likeness (QED) is 0.484. The molecule has 120 valence electrons. The molecule has 5 nitrogen and oxygen atoms in total. The molecule has 0 N–H and O–H groups in total. The number of rotatable bonds is 3. The molecule has 0 saturated carbocycles. The Balaban J connectivity index is 2.48. The maximum absolute atomic E-state index is 12.5. The topological polar surface area (TPSA) is 69.4 Å². The van der Waals surface area contributed by atoms with Crippen molar-refractivity contribution >= 4 is 11.7 Å². The van der Waals surface area contributed by atoms with E-state index in [1.165, 1.54) is 24.3 Å². The zero-order valence-corrected chi connectivity index (χ0v) is 11.8. The van der Waals surface area contributed by atoms with Crippen LogP contribution in [0.25, 0.3) is 11.1 Å². The molecule has 0 radical (unpaired) electrons. The molecular weight excluding hydrogens is 315 g/mol. The highest BCUT2D eigenvalue weighted by Crippen LogP contribution is 2.32. The molecule has 0 bridgehead atoms. The van der Waals surface area contributed by atoms with Gasteiger partial charge in [0.05, 0.1) is 17.6 Å². The Hall–Kier alpha value is -2.90. The van der Waals surface area contributed by atoms with Crippen LogP contribution in [0.3, 0.4) is 0 Å². The lowest BCUT2D eigenvalue weighted by atomic mass is 10.0. The fraction of sp³-hybridized carbons (Fsp3) is 0.133. The maximum atomic E-state index is 12.5. The molecule has 0 unspecified atom stereocenters. The summed E-state index contributed by atoms with van der Waals surface area (Å²) in [5.41, 5.74) is -0.762. The van der Waals surface area contributed by atoms with Gasteiger partial charge in [-0.25, -0.2) is 4.79 Å². The number of methoxy groups -OCH3 is 1. The maximum Gasteiger partial charge on any atom is 0.416 e. The van der Waals surface area contributed by atoms with Crippen LogP contribution in [0, 0.1) is 10.1 Å². The number of benzene rings is 2. The number of ether oxygens (including phenoxy) is 1. The van der Waals surface area contributed by atoms with Gasteiger partial charge in [-0.2, -0.15) is 13.2 Å². The predicted molar refractivity (Wildman–Crippen MR) is 74.9 cm³/mol. The highest BCUT2D eigenvalue weighted by molar-refractivity contribution is 5.95. The minimum Gasteiger partial charge on any atom is -0.465 e. The number of nitrogens with zero attached hydrogens (tertiary/aromatic N) is 1. The zero-order valence-electron chi connectivity index (χ0n) is 11.8. The Labute approximate surface area is 128 Å². The molecule has 0 aliphatic carbocycles. The van der Waals surface area contributed by atoms with E-state index in [0.717, 1.165) is 25.3 Å². The molecule has 0 fully saturated rings. The number of alkyl halides is 3. The summed E-state index contributed by atoms with van der Waals surface area (Å²) in [6, 6.07) is 7.93. The molecule has 0 aliphatic heterocycles. The summed E-state index contributed by atoms with van der Waals surface area (Å²) in [7, 11) is 1.08. The van der Waals surface area contributed by atoms with E-state index in [1.54, 1.807) is 0 Å². The average molecular weight is 325 g/mol. The van der Waals surface area contributed by atoms with Crippen molar-refractivity contribution in [3.8, 4) is 11.1 Å². The van der Waals surface area contributed by atoms with Gasteiger partial charge < -0.3 is 4.74 Å². The molecular formula is C15H10F3NO4. The molecule has 0 amide bonds. The number of nitro benzene ring substituents is 1. The molecule has 8 heteroatoms. The van der Waals surface area contributed by atoms with Gasteiger partial charge in [0.1, 0.15) is 5.56 Å². The van der Waals surface area contributed by atoms with Crippen molar-refractivity contribution in [1.82, 2.24) is 0 Å². The van der Waals surface area contributed by atoms with Gasteiger partial charge in [-0.15, -0.1) is 0 Å². The van der Waals surface area contributed by atoms with Crippen molar-refractivity contribution in [3.05, 3.63) is 63.7 Å². The first-order valence-electron chi connectivity index (χ1n) is 6.28. The van der Waals surface area contributed by atoms with Crippen LogP contribution in [0.2, 0.25) is 0 Å². The Morgan fingerprint density at radius 2 is 1.65 bits per heavy atom. The smallest absolute Gasteiger partial charge is 0.416 e. The predicted octanol–water partition coefficient (Wildman–Crippen LogP) is 4.07. The van der Waals surface area contributed by atoms with Crippen LogP contribution in [0.5, 0.6) is 0 Å². The first kappa shape index (κ1) is 16.5. The standard InChI is InChI=1S/C15H10F3NO4/c1-23-14(20)12-8-10(4-7-13(12)19(21)22)9-2-5-11(6-3-9)15(16,17)18/h2-8H,1H3. The van der Waals surface area contributed by atoms with Crippen molar-refractivity contribution in [2.24, 2.45) is 0 Å². The summed E-state index contributed by atoms with van der Waals surface area (Å²) >= 11 is 0. The van der Waals surface area contributed by atoms with Crippen molar-refractivity contribution in [2.75, 3.05) is 7.11 Å². The van der Waals surface area contributed by atoms with Gasteiger partial charge in [0, 0.05) is 6.07 Å². The number of esters is 1. The van der Waals surface area contributed by atoms with Crippen LogP contribution in [0.4, 0.5) is 18.9 Å². The van der Waals surface area contributed by atoms with Gasteiger partial charge in [0.15, 0.2) is 0 Å². The second-order valence-corrected chi connectivity index (χ2v) is 4.56. The normalized spacial score (nSPS) is 11.1. The number of hydrogen-bond acceptors (Lipinski definition) is 4. The van der Waals surface area contributed by atoms with E-state index in [1.807, 2.05) is 0 Å². The second kappa shape index (κ2) is 6.07. The van der Waals surface area contributed by atoms with E-state index in [-0.39, 0.29) is 5.56 Å². The minimum absolute atomic E-state index is 0.269. The first-order chi connectivity index (χ1) is 10.7. The minimum atomic E-state index is -4.45. The van der Waals surface area contributed by atoms with Crippen LogP contribution in [0.1, 0.15) is 15.9 Å². The SMILES string of the molecule is COC(=O)c1cc(-c2ccc(C(F)(F)F)cc2)ccc1[N+](=O)[O-]. The van der Waals surface area contributed by atoms with E-state index in [2.05, 4.69) is 4.74 Å². The highest BCUT2D eigenvalue weighted by Gasteiger charge is 2.30. The zero-order chi connectivity index (χ0) is 17.2. The van der Waals surface area contributed by atoms with Gasteiger partial charge in [0.25, 0.3) is 5.69 Å². The summed E-state index contributed by atoms with van der Waals surface area (Å²) in [6.07, 6.45) is -4.45. The molecule has 0 saturated heterocycles. The average Bonchev–Trinajstić information content (AvgIpc) is 2.52. The number of hydrogen-bond donors (Lipinski definition) is 0. The highest BCUT2D eigenvalue weighted by atomic mass is 19.4. The second-order valence-electron chi connectivity index (χ2n) is 4.56. The molecule has 23 heavy (non-hydrogen) atoms. The van der Waals surface area contributed by atoms with Gasteiger partial charge in [-0.05, 0) is 35.4 Å². The van der Waals surface area contributed by atoms with Crippen LogP contribution in [0.15, 0.2) is 42.5 Å². The fourth-order valence-corrected chi connectivity index (χ4v) is 2.00. The lowest BCUT2D eigenvalue weighted by molar-refractivity contribution is -0.385. The van der Waals surface area contributed by atoms with Crippen molar-refractivity contribution < 1.29 is 27.6 Å². The van der Waals surface area contributed by atoms with Gasteiger partial charge in [0.2, 0.25) is 0 Å². The van der Waals surface area contributed by atoms with Crippen molar-refractivity contribution in [2.45, 2.75) is 6.18 Å². The van der Waals surface area contributed by atoms with E-state index in [9.17, 15) is 28.1 Å². The number of halogens is 3. The van der Waals surface area contributed by atoms with E-state index in [0.29, 0.717) is 11.1 Å². The molecule has 0 aromatic heterocycles. The molecule has 0 aliphatic rings. The fourth-order valence-electron chi connectivity index (χ4n) is 2.00. The molecule has 0 spiro atoms. The van der Waals surface area contributed by atoms with Gasteiger partial charge in [-0.3, -0.25) is 10.1 Å². The lowest BCUT2D eigenvalue weighted by Gasteiger charge is -2.09. The molecule has 0 atom stereocenters. The van der Waals surface area contributed by atoms with Crippen LogP contribution >= 0.6 is 0 Å². The summed E-state index contributed by atoms with van der Waals surface area (Å²) in [4.78, 5) is 21.8. The van der Waals surface area contributed by atoms with Crippen LogP contribution in [-0.2, 0) is 10.9 Å². The van der Waals surface area contributed by atoms with E-state index in [4.69, 9.17) is 0 Å². The number of nitro groups is 1. The van der Waals surface area contributed by atoms with Gasteiger partial charge in [-0.1, -0.05) is 12.1 Å². The molecule has 2 aromatic rings. The lowest BCUT2D eigenvalue weighted by Crippen LogP contribution is -2.06. The monoisotopic (exact) mass is 325 g/mol. The van der Waals surface area contributed by atoms with E-state index < -0.39 is 28.3 Å². The van der Waals surface area contributed by atoms with Crippen molar-refractivity contribution in [3.63, 3.8) is 0 Å². The summed E-state index contributed by atoms with van der Waals surface area (Å²) in [6.45, 7) is 0. The van der Waals surface area contributed by atoms with E-state index >= 15 is 0 Å². The Kier molecular flexibility index (Phi) is 4.35. The van der Waals surface area contributed by atoms with Crippen LogP contribution < -0.4 is 0 Å². The molecule has 2 aromatic carbocycles. The third-order valence-corrected chi connectivity index (χ3v) is 3.14.